The lowest BCUT2D eigenvalue weighted by atomic mass is 10.0. The molecule has 2 aromatic carbocycles. The Morgan fingerprint density at radius 1 is 0.941 bits per heavy atom. The second-order valence-electron chi connectivity index (χ2n) is 7.70. The van der Waals surface area contributed by atoms with Crippen LogP contribution in [-0.2, 0) is 38.7 Å². The molecule has 0 unspecified atom stereocenters. The largest absolute Gasteiger partial charge is 0.364 e. The van der Waals surface area contributed by atoms with E-state index in [1.807, 2.05) is 30.3 Å². The smallest absolute Gasteiger partial charge is 0.289 e. The van der Waals surface area contributed by atoms with Gasteiger partial charge in [0.1, 0.15) is 12.1 Å². The van der Waals surface area contributed by atoms with Crippen LogP contribution in [0.15, 0.2) is 79.0 Å². The predicted molar refractivity (Wildman–Crippen MR) is 129 cm³/mol. The van der Waals surface area contributed by atoms with Crippen molar-refractivity contribution < 1.29 is 19.1 Å². The van der Waals surface area contributed by atoms with E-state index in [0.717, 1.165) is 11.1 Å². The molecule has 0 aliphatic carbocycles. The number of halogens is 1. The zero-order valence-electron chi connectivity index (χ0n) is 18.7. The van der Waals surface area contributed by atoms with Crippen LogP contribution in [0.3, 0.4) is 0 Å². The van der Waals surface area contributed by atoms with Gasteiger partial charge in [0.2, 0.25) is 11.7 Å². The van der Waals surface area contributed by atoms with Crippen LogP contribution >= 0.6 is 11.6 Å². The van der Waals surface area contributed by atoms with E-state index in [-0.39, 0.29) is 19.6 Å². The van der Waals surface area contributed by atoms with Crippen LogP contribution in [-0.4, -0.2) is 34.7 Å². The zero-order valence-corrected chi connectivity index (χ0v) is 19.5. The Labute approximate surface area is 203 Å². The first-order chi connectivity index (χ1) is 16.4. The third-order valence-corrected chi connectivity index (χ3v) is 5.33. The molecule has 34 heavy (non-hydrogen) atoms. The molecule has 0 aliphatic heterocycles. The summed E-state index contributed by atoms with van der Waals surface area (Å²) in [6.45, 7) is 1.90. The molecule has 0 bridgehead atoms. The number of pyridine rings is 1. The molecule has 2 atom stereocenters. The van der Waals surface area contributed by atoms with Gasteiger partial charge in [-0.2, -0.15) is 0 Å². The van der Waals surface area contributed by atoms with Crippen molar-refractivity contribution in [2.75, 3.05) is 0 Å². The quantitative estimate of drug-likeness (QED) is 0.411. The van der Waals surface area contributed by atoms with E-state index in [1.165, 1.54) is 0 Å². The van der Waals surface area contributed by atoms with E-state index in [9.17, 15) is 14.4 Å². The van der Waals surface area contributed by atoms with Gasteiger partial charge in [-0.05, 0) is 42.3 Å². The molecule has 0 spiro atoms. The molecular formula is C26H26ClN3O4. The number of Topliss-reactive ketones (excluding diaryl/α,β-unsaturated/α-hetero) is 1. The average molecular weight is 480 g/mol. The van der Waals surface area contributed by atoms with Crippen molar-refractivity contribution in [3.63, 3.8) is 0 Å². The molecule has 7 nitrogen and oxygen atoms in total. The summed E-state index contributed by atoms with van der Waals surface area (Å²) in [5, 5.41) is 5.86. The highest BCUT2D eigenvalue weighted by Gasteiger charge is 2.29. The number of rotatable bonds is 11. The van der Waals surface area contributed by atoms with Crippen molar-refractivity contribution in [3.05, 3.63) is 101 Å². The third-order valence-electron chi connectivity index (χ3n) is 5.08. The normalized spacial score (nSPS) is 12.4. The summed E-state index contributed by atoms with van der Waals surface area (Å²) >= 11 is 5.89. The fourth-order valence-electron chi connectivity index (χ4n) is 3.14. The maximum Gasteiger partial charge on any atom is 0.289 e. The van der Waals surface area contributed by atoms with Crippen molar-refractivity contribution in [2.24, 2.45) is 0 Å². The second kappa shape index (κ2) is 12.6. The molecule has 1 heterocycles. The minimum Gasteiger partial charge on any atom is -0.364 e. The Morgan fingerprint density at radius 3 is 2.32 bits per heavy atom. The summed E-state index contributed by atoms with van der Waals surface area (Å²) in [4.78, 5) is 42.4. The monoisotopic (exact) mass is 479 g/mol. The van der Waals surface area contributed by atoms with Gasteiger partial charge in [0.25, 0.3) is 5.91 Å². The van der Waals surface area contributed by atoms with E-state index in [0.29, 0.717) is 10.7 Å². The van der Waals surface area contributed by atoms with Crippen molar-refractivity contribution in [2.45, 2.75) is 38.6 Å². The number of ether oxygens (including phenoxy) is 1. The maximum absolute atomic E-state index is 12.9. The predicted octanol–water partition coefficient (Wildman–Crippen LogP) is 3.25. The van der Waals surface area contributed by atoms with Gasteiger partial charge < -0.3 is 15.4 Å². The Hall–Kier alpha value is -3.55. The number of amides is 2. The van der Waals surface area contributed by atoms with Gasteiger partial charge in [0.05, 0.1) is 18.8 Å². The van der Waals surface area contributed by atoms with E-state index in [1.54, 1.807) is 55.6 Å². The highest BCUT2D eigenvalue weighted by atomic mass is 35.5. The number of carbonyl (C=O) groups excluding carboxylic acids is 3. The number of nitrogens with one attached hydrogen (secondary N) is 2. The molecule has 0 saturated heterocycles. The van der Waals surface area contributed by atoms with Gasteiger partial charge >= 0.3 is 0 Å². The molecule has 3 rings (SSSR count). The molecule has 1 aromatic heterocycles. The first-order valence-corrected chi connectivity index (χ1v) is 11.2. The van der Waals surface area contributed by atoms with Crippen molar-refractivity contribution in [3.8, 4) is 0 Å². The zero-order chi connectivity index (χ0) is 24.3. The van der Waals surface area contributed by atoms with Crippen molar-refractivity contribution in [1.29, 1.82) is 0 Å². The van der Waals surface area contributed by atoms with E-state index >= 15 is 0 Å². The van der Waals surface area contributed by atoms with Gasteiger partial charge in [-0.3, -0.25) is 19.4 Å². The lowest BCUT2D eigenvalue weighted by molar-refractivity contribution is -0.141. The first-order valence-electron chi connectivity index (χ1n) is 10.8. The summed E-state index contributed by atoms with van der Waals surface area (Å²) in [7, 11) is 0. The molecule has 3 aromatic rings. The fourth-order valence-corrected chi connectivity index (χ4v) is 3.27. The van der Waals surface area contributed by atoms with E-state index in [2.05, 4.69) is 15.6 Å². The van der Waals surface area contributed by atoms with Gasteiger partial charge in [0.15, 0.2) is 0 Å². The minimum atomic E-state index is -1.04. The SMILES string of the molecule is C[C@@H](OCc1ccc(Cl)cc1)C(=O)N[C@H](Cc1ccccc1)C(=O)C(=O)NCc1ccccn1. The summed E-state index contributed by atoms with van der Waals surface area (Å²) in [5.74, 6) is -2.01. The number of aromatic nitrogens is 1. The van der Waals surface area contributed by atoms with Crippen LogP contribution in [0.1, 0.15) is 23.7 Å². The topological polar surface area (TPSA) is 97.4 Å². The molecule has 0 aliphatic rings. The van der Waals surface area contributed by atoms with Gasteiger partial charge in [0, 0.05) is 17.6 Å². The number of hydrogen-bond donors (Lipinski definition) is 2. The summed E-state index contributed by atoms with van der Waals surface area (Å²) < 4.78 is 5.65. The number of benzene rings is 2. The molecule has 0 fully saturated rings. The first kappa shape index (κ1) is 25.1. The van der Waals surface area contributed by atoms with Crippen LogP contribution in [0.2, 0.25) is 5.02 Å². The van der Waals surface area contributed by atoms with Gasteiger partial charge in [-0.15, -0.1) is 0 Å². The molecule has 2 amide bonds. The van der Waals surface area contributed by atoms with Crippen molar-refractivity contribution in [1.82, 2.24) is 15.6 Å². The highest BCUT2D eigenvalue weighted by Crippen LogP contribution is 2.11. The number of hydrogen-bond acceptors (Lipinski definition) is 5. The Balaban J connectivity index is 1.62. The maximum atomic E-state index is 12.9. The molecular weight excluding hydrogens is 454 g/mol. The third kappa shape index (κ3) is 7.79. The van der Waals surface area contributed by atoms with Crippen LogP contribution in [0.5, 0.6) is 0 Å². The van der Waals surface area contributed by atoms with Gasteiger partial charge in [-0.25, -0.2) is 0 Å². The lowest BCUT2D eigenvalue weighted by Crippen LogP contribution is -2.51. The minimum absolute atomic E-state index is 0.109. The Kier molecular flexibility index (Phi) is 9.31. The number of carbonyl (C=O) groups is 3. The summed E-state index contributed by atoms with van der Waals surface area (Å²) in [6, 6.07) is 20.5. The Bertz CT molecular complexity index is 1090. The van der Waals surface area contributed by atoms with Gasteiger partial charge in [-0.1, -0.05) is 60.1 Å². The molecule has 0 radical (unpaired) electrons. The molecule has 176 valence electrons. The lowest BCUT2D eigenvalue weighted by Gasteiger charge is -2.20. The van der Waals surface area contributed by atoms with Crippen LogP contribution in [0, 0.1) is 0 Å². The van der Waals surface area contributed by atoms with Crippen molar-refractivity contribution >= 4 is 29.2 Å². The summed E-state index contributed by atoms with van der Waals surface area (Å²) in [5.41, 5.74) is 2.29. The number of ketones is 1. The Morgan fingerprint density at radius 2 is 1.65 bits per heavy atom. The van der Waals surface area contributed by atoms with E-state index < -0.39 is 29.7 Å². The fraction of sp³-hybridized carbons (Fsp3) is 0.231. The highest BCUT2D eigenvalue weighted by molar-refractivity contribution is 6.38. The molecule has 2 N–H and O–H groups in total. The molecule has 8 heteroatoms. The average Bonchev–Trinajstić information content (AvgIpc) is 2.87. The molecule has 0 saturated carbocycles. The van der Waals surface area contributed by atoms with Crippen LogP contribution in [0.25, 0.3) is 0 Å². The van der Waals surface area contributed by atoms with Crippen LogP contribution in [0.4, 0.5) is 0 Å². The second-order valence-corrected chi connectivity index (χ2v) is 8.14. The van der Waals surface area contributed by atoms with E-state index in [4.69, 9.17) is 16.3 Å². The van der Waals surface area contributed by atoms with Crippen LogP contribution < -0.4 is 10.6 Å². The number of nitrogens with zero attached hydrogens (tertiary/aromatic N) is 1. The standard InChI is InChI=1S/C26H26ClN3O4/c1-18(34-17-20-10-12-21(27)13-11-20)25(32)30-23(15-19-7-3-2-4-8-19)24(31)26(33)29-16-22-9-5-6-14-28-22/h2-14,18,23H,15-17H2,1H3,(H,29,33)(H,30,32)/t18-,23-/m1/s1. The summed E-state index contributed by atoms with van der Waals surface area (Å²) in [6.07, 6.45) is 0.942.